The van der Waals surface area contributed by atoms with Crippen LogP contribution < -0.4 is 5.32 Å². The number of carbonyl (C=O) groups is 1. The topological polar surface area (TPSA) is 66.5 Å². The third-order valence-electron chi connectivity index (χ3n) is 5.64. The van der Waals surface area contributed by atoms with Crippen LogP contribution in [-0.2, 0) is 20.2 Å². The van der Waals surface area contributed by atoms with Crippen molar-refractivity contribution in [1.82, 2.24) is 4.31 Å². The van der Waals surface area contributed by atoms with Gasteiger partial charge in [0.25, 0.3) is 0 Å². The second-order valence-electron chi connectivity index (χ2n) is 7.46. The monoisotopic (exact) mass is 386 g/mol. The molecule has 0 aliphatic heterocycles. The molecule has 2 aromatic rings. The third-order valence-corrected chi connectivity index (χ3v) is 7.43. The Morgan fingerprint density at radius 2 is 1.70 bits per heavy atom. The first-order chi connectivity index (χ1) is 12.7. The Labute approximate surface area is 161 Å². The summed E-state index contributed by atoms with van der Waals surface area (Å²) < 4.78 is 26.2. The molecule has 0 spiro atoms. The molecular formula is C21H26N2O3S. The minimum absolute atomic E-state index is 0.0677. The van der Waals surface area contributed by atoms with Crippen LogP contribution in [-0.4, -0.2) is 32.7 Å². The molecule has 0 saturated heterocycles. The van der Waals surface area contributed by atoms with E-state index in [1.807, 2.05) is 44.2 Å². The van der Waals surface area contributed by atoms with Crippen LogP contribution in [0.15, 0.2) is 47.4 Å². The van der Waals surface area contributed by atoms with Crippen LogP contribution in [0.25, 0.3) is 0 Å². The maximum Gasteiger partial charge on any atom is 0.242 e. The van der Waals surface area contributed by atoms with E-state index < -0.39 is 15.4 Å². The van der Waals surface area contributed by atoms with E-state index in [-0.39, 0.29) is 10.8 Å². The number of anilines is 1. The second kappa shape index (κ2) is 7.09. The predicted molar refractivity (Wildman–Crippen MR) is 107 cm³/mol. The highest BCUT2D eigenvalue weighted by Crippen LogP contribution is 2.44. The Kier molecular flexibility index (Phi) is 5.14. The van der Waals surface area contributed by atoms with Crippen molar-refractivity contribution >= 4 is 21.6 Å². The second-order valence-corrected chi connectivity index (χ2v) is 9.61. The Bertz CT molecular complexity index is 962. The van der Waals surface area contributed by atoms with Gasteiger partial charge >= 0.3 is 0 Å². The van der Waals surface area contributed by atoms with Crippen molar-refractivity contribution in [3.8, 4) is 0 Å². The normalized spacial score (nSPS) is 16.0. The number of benzene rings is 2. The maximum atomic E-state index is 13.2. The van der Waals surface area contributed by atoms with Gasteiger partial charge in [0.1, 0.15) is 0 Å². The Morgan fingerprint density at radius 1 is 1.07 bits per heavy atom. The zero-order valence-electron chi connectivity index (χ0n) is 16.2. The van der Waals surface area contributed by atoms with Crippen molar-refractivity contribution in [2.75, 3.05) is 19.4 Å². The average Bonchev–Trinajstić information content (AvgIpc) is 2.58. The first kappa shape index (κ1) is 19.6. The molecule has 1 amide bonds. The molecular weight excluding hydrogens is 360 g/mol. The Morgan fingerprint density at radius 3 is 2.22 bits per heavy atom. The highest BCUT2D eigenvalue weighted by molar-refractivity contribution is 7.89. The fraction of sp³-hybridized carbons (Fsp3) is 0.381. The molecule has 0 aromatic heterocycles. The van der Waals surface area contributed by atoms with E-state index in [4.69, 9.17) is 0 Å². The number of rotatable bonds is 5. The van der Waals surface area contributed by atoms with Gasteiger partial charge in [-0.15, -0.1) is 0 Å². The summed E-state index contributed by atoms with van der Waals surface area (Å²) >= 11 is 0. The van der Waals surface area contributed by atoms with Gasteiger partial charge in [0.15, 0.2) is 0 Å². The molecule has 0 unspecified atom stereocenters. The lowest BCUT2D eigenvalue weighted by Crippen LogP contribution is -2.46. The molecule has 3 rings (SSSR count). The highest BCUT2D eigenvalue weighted by Gasteiger charge is 2.45. The van der Waals surface area contributed by atoms with E-state index in [9.17, 15) is 13.2 Å². The summed E-state index contributed by atoms with van der Waals surface area (Å²) in [5.74, 6) is -0.0677. The number of sulfonamides is 1. The molecule has 2 aromatic carbocycles. The van der Waals surface area contributed by atoms with Gasteiger partial charge in [0, 0.05) is 19.8 Å². The van der Waals surface area contributed by atoms with Crippen LogP contribution in [0.4, 0.5) is 5.69 Å². The molecule has 5 nitrogen and oxygen atoms in total. The minimum atomic E-state index is -3.57. The van der Waals surface area contributed by atoms with E-state index in [1.165, 1.54) is 18.4 Å². The highest BCUT2D eigenvalue weighted by atomic mass is 32.2. The van der Waals surface area contributed by atoms with Gasteiger partial charge in [0.2, 0.25) is 15.9 Å². The number of nitrogens with one attached hydrogen (secondary N) is 1. The summed E-state index contributed by atoms with van der Waals surface area (Å²) in [7, 11) is -0.569. The van der Waals surface area contributed by atoms with E-state index >= 15 is 0 Å². The molecule has 0 radical (unpaired) electrons. The molecule has 6 heteroatoms. The van der Waals surface area contributed by atoms with Crippen LogP contribution in [0.1, 0.15) is 36.0 Å². The molecule has 1 aliphatic rings. The number of aryl methyl sites for hydroxylation is 1. The van der Waals surface area contributed by atoms with Crippen LogP contribution in [0, 0.1) is 13.8 Å². The molecule has 0 bridgehead atoms. The largest absolute Gasteiger partial charge is 0.325 e. The summed E-state index contributed by atoms with van der Waals surface area (Å²) in [4.78, 5) is 13.4. The van der Waals surface area contributed by atoms with Gasteiger partial charge in [-0.05, 0) is 55.5 Å². The summed E-state index contributed by atoms with van der Waals surface area (Å²) in [5.41, 5.74) is 2.75. The standard InChI is InChI=1S/C21H26N2O3S/c1-15-13-18(27(25,26)23(3)4)14-19(16(15)2)22-20(24)21(11-8-12-21)17-9-6-5-7-10-17/h5-7,9-10,13-14H,8,11-12H2,1-4H3,(H,22,24). The Balaban J connectivity index is 1.98. The summed E-state index contributed by atoms with van der Waals surface area (Å²) in [5, 5.41) is 3.02. The average molecular weight is 387 g/mol. The fourth-order valence-electron chi connectivity index (χ4n) is 3.49. The lowest BCUT2D eigenvalue weighted by atomic mass is 9.64. The van der Waals surface area contributed by atoms with Crippen molar-refractivity contribution in [3.05, 3.63) is 59.2 Å². The van der Waals surface area contributed by atoms with Crippen LogP contribution in [0.3, 0.4) is 0 Å². The lowest BCUT2D eigenvalue weighted by molar-refractivity contribution is -0.124. The lowest BCUT2D eigenvalue weighted by Gasteiger charge is -2.41. The zero-order chi connectivity index (χ0) is 19.8. The SMILES string of the molecule is Cc1cc(S(=O)(=O)N(C)C)cc(NC(=O)C2(c3ccccc3)CCC2)c1C. The molecule has 0 atom stereocenters. The fourth-order valence-corrected chi connectivity index (χ4v) is 4.51. The quantitative estimate of drug-likeness (QED) is 0.854. The molecule has 1 saturated carbocycles. The van der Waals surface area contributed by atoms with Crippen LogP contribution in [0.2, 0.25) is 0 Å². The summed E-state index contributed by atoms with van der Waals surface area (Å²) in [6.45, 7) is 3.75. The summed E-state index contributed by atoms with van der Waals surface area (Å²) in [6.07, 6.45) is 2.61. The number of amides is 1. The van der Waals surface area contributed by atoms with Crippen LogP contribution in [0.5, 0.6) is 0 Å². The van der Waals surface area contributed by atoms with Gasteiger partial charge in [-0.25, -0.2) is 12.7 Å². The smallest absolute Gasteiger partial charge is 0.242 e. The van der Waals surface area contributed by atoms with Crippen LogP contribution >= 0.6 is 0 Å². The number of nitrogens with zero attached hydrogens (tertiary/aromatic N) is 1. The number of carbonyl (C=O) groups excluding carboxylic acids is 1. The van der Waals surface area contributed by atoms with Gasteiger partial charge in [-0.3, -0.25) is 4.79 Å². The molecule has 1 fully saturated rings. The van der Waals surface area contributed by atoms with E-state index in [0.717, 1.165) is 36.0 Å². The van der Waals surface area contributed by atoms with Crippen molar-refractivity contribution in [2.24, 2.45) is 0 Å². The molecule has 1 aliphatic carbocycles. The number of hydrogen-bond acceptors (Lipinski definition) is 3. The van der Waals surface area contributed by atoms with Crippen molar-refractivity contribution < 1.29 is 13.2 Å². The summed E-state index contributed by atoms with van der Waals surface area (Å²) in [6, 6.07) is 13.0. The Hall–Kier alpha value is -2.18. The molecule has 27 heavy (non-hydrogen) atoms. The first-order valence-corrected chi connectivity index (χ1v) is 10.5. The van der Waals surface area contributed by atoms with Gasteiger partial charge < -0.3 is 5.32 Å². The van der Waals surface area contributed by atoms with Crippen molar-refractivity contribution in [3.63, 3.8) is 0 Å². The molecule has 1 N–H and O–H groups in total. The maximum absolute atomic E-state index is 13.2. The van der Waals surface area contributed by atoms with Gasteiger partial charge in [-0.1, -0.05) is 36.8 Å². The predicted octanol–water partition coefficient (Wildman–Crippen LogP) is 3.61. The van der Waals surface area contributed by atoms with E-state index in [0.29, 0.717) is 5.69 Å². The third kappa shape index (κ3) is 3.39. The number of hydrogen-bond donors (Lipinski definition) is 1. The molecule has 144 valence electrons. The van der Waals surface area contributed by atoms with Gasteiger partial charge in [0.05, 0.1) is 10.3 Å². The van der Waals surface area contributed by atoms with E-state index in [1.54, 1.807) is 12.1 Å². The van der Waals surface area contributed by atoms with E-state index in [2.05, 4.69) is 5.32 Å². The van der Waals surface area contributed by atoms with Gasteiger partial charge in [-0.2, -0.15) is 0 Å². The van der Waals surface area contributed by atoms with Crippen molar-refractivity contribution in [2.45, 2.75) is 43.4 Å². The zero-order valence-corrected chi connectivity index (χ0v) is 17.1. The van der Waals surface area contributed by atoms with Crippen molar-refractivity contribution in [1.29, 1.82) is 0 Å². The minimum Gasteiger partial charge on any atom is -0.325 e. The molecule has 0 heterocycles. The first-order valence-electron chi connectivity index (χ1n) is 9.09.